The molecule has 3 heteroatoms. The van der Waals surface area contributed by atoms with E-state index in [1.54, 1.807) is 0 Å². The summed E-state index contributed by atoms with van der Waals surface area (Å²) in [7, 11) is 1.99. The number of ether oxygens (including phenoxy) is 1. The molecule has 1 fully saturated rings. The van der Waals surface area contributed by atoms with E-state index in [9.17, 15) is 0 Å². The molecule has 0 bridgehead atoms. The van der Waals surface area contributed by atoms with Gasteiger partial charge in [0.1, 0.15) is 11.3 Å². The molecule has 3 nitrogen and oxygen atoms in total. The Bertz CT molecular complexity index is 495. The summed E-state index contributed by atoms with van der Waals surface area (Å²) in [4.78, 5) is 0. The van der Waals surface area contributed by atoms with Crippen LogP contribution >= 0.6 is 0 Å². The number of para-hydroxylation sites is 1. The Hall–Kier alpha value is -1.32. The van der Waals surface area contributed by atoms with Crippen molar-refractivity contribution in [2.75, 3.05) is 13.7 Å². The van der Waals surface area contributed by atoms with Crippen LogP contribution in [0.15, 0.2) is 34.7 Å². The molecule has 2 unspecified atom stereocenters. The quantitative estimate of drug-likeness (QED) is 0.890. The normalized spacial score (nSPS) is 21.0. The summed E-state index contributed by atoms with van der Waals surface area (Å²) in [5.74, 6) is 1.03. The van der Waals surface area contributed by atoms with Gasteiger partial charge in [-0.05, 0) is 44.9 Å². The van der Waals surface area contributed by atoms with Crippen LogP contribution in [0.1, 0.15) is 37.5 Å². The lowest BCUT2D eigenvalue weighted by atomic mass is 10.0. The van der Waals surface area contributed by atoms with Crippen LogP contribution in [0, 0.1) is 0 Å². The average molecular weight is 259 g/mol. The van der Waals surface area contributed by atoms with Gasteiger partial charge in [-0.25, -0.2) is 0 Å². The first-order valence-electron chi connectivity index (χ1n) is 7.14. The van der Waals surface area contributed by atoms with Gasteiger partial charge in [0.25, 0.3) is 0 Å². The first-order chi connectivity index (χ1) is 9.36. The highest BCUT2D eigenvalue weighted by Crippen LogP contribution is 2.28. The maximum Gasteiger partial charge on any atom is 0.134 e. The topological polar surface area (TPSA) is 34.4 Å². The van der Waals surface area contributed by atoms with Gasteiger partial charge in [-0.1, -0.05) is 18.2 Å². The summed E-state index contributed by atoms with van der Waals surface area (Å²) in [6.07, 6.45) is 5.01. The fourth-order valence-electron chi connectivity index (χ4n) is 2.83. The van der Waals surface area contributed by atoms with Crippen LogP contribution in [0.4, 0.5) is 0 Å². The molecule has 1 aromatic heterocycles. The van der Waals surface area contributed by atoms with E-state index in [1.807, 2.05) is 25.2 Å². The van der Waals surface area contributed by atoms with Crippen molar-refractivity contribution in [1.82, 2.24) is 5.32 Å². The van der Waals surface area contributed by atoms with Gasteiger partial charge in [-0.2, -0.15) is 0 Å². The van der Waals surface area contributed by atoms with Gasteiger partial charge in [0.2, 0.25) is 0 Å². The third-order valence-electron chi connectivity index (χ3n) is 3.94. The fourth-order valence-corrected chi connectivity index (χ4v) is 2.83. The second-order valence-electron chi connectivity index (χ2n) is 5.24. The summed E-state index contributed by atoms with van der Waals surface area (Å²) in [5.41, 5.74) is 0.967. The molecule has 1 aliphatic heterocycles. The van der Waals surface area contributed by atoms with Crippen LogP contribution in [-0.2, 0) is 4.74 Å². The van der Waals surface area contributed by atoms with E-state index in [4.69, 9.17) is 9.15 Å². The van der Waals surface area contributed by atoms with E-state index >= 15 is 0 Å². The molecule has 0 radical (unpaired) electrons. The number of rotatable bonds is 5. The standard InChI is InChI=1S/C16H21NO2/c1-17-14(9-8-13-6-4-10-18-13)16-11-12-5-2-3-7-15(12)19-16/h2-3,5,7,11,13-14,17H,4,6,8-10H2,1H3. The van der Waals surface area contributed by atoms with Gasteiger partial charge >= 0.3 is 0 Å². The van der Waals surface area contributed by atoms with Crippen molar-refractivity contribution in [3.05, 3.63) is 36.1 Å². The minimum atomic E-state index is 0.275. The maximum atomic E-state index is 5.93. The van der Waals surface area contributed by atoms with Gasteiger partial charge in [0, 0.05) is 12.0 Å². The van der Waals surface area contributed by atoms with Gasteiger partial charge in [0.05, 0.1) is 12.1 Å². The summed E-state index contributed by atoms with van der Waals surface area (Å²) < 4.78 is 11.6. The lowest BCUT2D eigenvalue weighted by Crippen LogP contribution is -2.18. The molecule has 0 aliphatic carbocycles. The Morgan fingerprint density at radius 3 is 3.00 bits per heavy atom. The van der Waals surface area contributed by atoms with E-state index in [1.165, 1.54) is 18.2 Å². The van der Waals surface area contributed by atoms with Crippen LogP contribution in [0.3, 0.4) is 0 Å². The van der Waals surface area contributed by atoms with E-state index in [0.29, 0.717) is 6.10 Å². The molecule has 2 heterocycles. The summed E-state index contributed by atoms with van der Waals surface area (Å²) >= 11 is 0. The molecular formula is C16H21NO2. The molecule has 1 aromatic carbocycles. The number of nitrogens with one attached hydrogen (secondary N) is 1. The Labute approximate surface area is 113 Å². The lowest BCUT2D eigenvalue weighted by Gasteiger charge is -2.16. The molecule has 102 valence electrons. The van der Waals surface area contributed by atoms with Crippen molar-refractivity contribution >= 4 is 11.0 Å². The summed E-state index contributed by atoms with van der Waals surface area (Å²) in [6.45, 7) is 0.930. The zero-order valence-electron chi connectivity index (χ0n) is 11.4. The second kappa shape index (κ2) is 5.76. The SMILES string of the molecule is CNC(CCC1CCCO1)c1cc2ccccc2o1. The van der Waals surface area contributed by atoms with Crippen molar-refractivity contribution in [3.8, 4) is 0 Å². The third-order valence-corrected chi connectivity index (χ3v) is 3.94. The van der Waals surface area contributed by atoms with E-state index in [0.717, 1.165) is 30.8 Å². The van der Waals surface area contributed by atoms with Crippen molar-refractivity contribution < 1.29 is 9.15 Å². The molecule has 1 saturated heterocycles. The zero-order valence-corrected chi connectivity index (χ0v) is 11.4. The fraction of sp³-hybridized carbons (Fsp3) is 0.500. The Morgan fingerprint density at radius 1 is 1.37 bits per heavy atom. The molecule has 0 saturated carbocycles. The Morgan fingerprint density at radius 2 is 2.26 bits per heavy atom. The van der Waals surface area contributed by atoms with Crippen molar-refractivity contribution in [2.24, 2.45) is 0 Å². The van der Waals surface area contributed by atoms with Crippen LogP contribution in [0.2, 0.25) is 0 Å². The summed E-state index contributed by atoms with van der Waals surface area (Å²) in [5, 5.41) is 4.53. The molecule has 2 aromatic rings. The molecule has 1 N–H and O–H groups in total. The molecule has 0 amide bonds. The number of hydrogen-bond donors (Lipinski definition) is 1. The van der Waals surface area contributed by atoms with E-state index in [-0.39, 0.29) is 6.04 Å². The van der Waals surface area contributed by atoms with Crippen LogP contribution < -0.4 is 5.32 Å². The van der Waals surface area contributed by atoms with Crippen molar-refractivity contribution in [1.29, 1.82) is 0 Å². The average Bonchev–Trinajstić information content (AvgIpc) is 3.08. The number of hydrogen-bond acceptors (Lipinski definition) is 3. The molecule has 19 heavy (non-hydrogen) atoms. The first kappa shape index (κ1) is 12.7. The van der Waals surface area contributed by atoms with Gasteiger partial charge < -0.3 is 14.5 Å². The summed E-state index contributed by atoms with van der Waals surface area (Å²) in [6, 6.07) is 10.6. The smallest absolute Gasteiger partial charge is 0.134 e. The van der Waals surface area contributed by atoms with Crippen LogP contribution in [-0.4, -0.2) is 19.8 Å². The zero-order chi connectivity index (χ0) is 13.1. The van der Waals surface area contributed by atoms with Crippen LogP contribution in [0.25, 0.3) is 11.0 Å². The second-order valence-corrected chi connectivity index (χ2v) is 5.24. The highest BCUT2D eigenvalue weighted by molar-refractivity contribution is 5.77. The Kier molecular flexibility index (Phi) is 3.85. The van der Waals surface area contributed by atoms with Crippen molar-refractivity contribution in [3.63, 3.8) is 0 Å². The first-order valence-corrected chi connectivity index (χ1v) is 7.14. The minimum absolute atomic E-state index is 0.275. The Balaban J connectivity index is 1.69. The van der Waals surface area contributed by atoms with Gasteiger partial charge in [-0.3, -0.25) is 0 Å². The highest BCUT2D eigenvalue weighted by atomic mass is 16.5. The largest absolute Gasteiger partial charge is 0.459 e. The monoisotopic (exact) mass is 259 g/mol. The number of fused-ring (bicyclic) bond motifs is 1. The lowest BCUT2D eigenvalue weighted by molar-refractivity contribution is 0.0992. The third kappa shape index (κ3) is 2.82. The molecule has 2 atom stereocenters. The molecule has 3 rings (SSSR count). The predicted molar refractivity (Wildman–Crippen MR) is 76.2 cm³/mol. The van der Waals surface area contributed by atoms with Crippen LogP contribution in [0.5, 0.6) is 0 Å². The van der Waals surface area contributed by atoms with E-state index in [2.05, 4.69) is 17.4 Å². The number of furan rings is 1. The predicted octanol–water partition coefficient (Wildman–Crippen LogP) is 3.65. The van der Waals surface area contributed by atoms with Crippen molar-refractivity contribution in [2.45, 2.75) is 37.8 Å². The molecular weight excluding hydrogens is 238 g/mol. The number of benzene rings is 1. The van der Waals surface area contributed by atoms with Gasteiger partial charge in [-0.15, -0.1) is 0 Å². The highest BCUT2D eigenvalue weighted by Gasteiger charge is 2.20. The van der Waals surface area contributed by atoms with Gasteiger partial charge in [0.15, 0.2) is 0 Å². The molecule has 0 spiro atoms. The molecule has 1 aliphatic rings. The van der Waals surface area contributed by atoms with E-state index < -0.39 is 0 Å². The minimum Gasteiger partial charge on any atom is -0.459 e. The maximum absolute atomic E-state index is 5.93.